The summed E-state index contributed by atoms with van der Waals surface area (Å²) in [4.78, 5) is 25.4. The second kappa shape index (κ2) is 8.44. The van der Waals surface area contributed by atoms with E-state index >= 15 is 0 Å². The van der Waals surface area contributed by atoms with Gasteiger partial charge in [-0.15, -0.1) is 0 Å². The van der Waals surface area contributed by atoms with Crippen LogP contribution in [0.15, 0.2) is 49.1 Å². The Kier molecular flexibility index (Phi) is 5.35. The first-order valence-electron chi connectivity index (χ1n) is 10.5. The van der Waals surface area contributed by atoms with E-state index in [1.807, 2.05) is 0 Å². The van der Waals surface area contributed by atoms with Gasteiger partial charge in [-0.3, -0.25) is 14.8 Å². The third-order valence-electron chi connectivity index (χ3n) is 6.12. The van der Waals surface area contributed by atoms with Crippen molar-refractivity contribution in [1.82, 2.24) is 30.0 Å². The number of aliphatic hydroxyl groups is 1. The number of aromatic amines is 1. The molecule has 3 N–H and O–H groups in total. The van der Waals surface area contributed by atoms with E-state index in [9.17, 15) is 9.90 Å². The highest BCUT2D eigenvalue weighted by Gasteiger charge is 2.35. The lowest BCUT2D eigenvalue weighted by Crippen LogP contribution is -2.56. The maximum atomic E-state index is 13.0. The summed E-state index contributed by atoms with van der Waals surface area (Å²) in [5.41, 5.74) is 3.78. The molecule has 2 aliphatic rings. The molecule has 2 atom stereocenters. The van der Waals surface area contributed by atoms with Gasteiger partial charge in [0.15, 0.2) is 0 Å². The fourth-order valence-electron chi connectivity index (χ4n) is 4.50. The number of hydrogen-bond acceptors (Lipinski definition) is 7. The van der Waals surface area contributed by atoms with Gasteiger partial charge >= 0.3 is 0 Å². The first-order valence-corrected chi connectivity index (χ1v) is 10.5. The Morgan fingerprint density at radius 1 is 1.19 bits per heavy atom. The molecule has 9 nitrogen and oxygen atoms in total. The minimum absolute atomic E-state index is 0.0566. The van der Waals surface area contributed by atoms with Crippen LogP contribution in [0.5, 0.6) is 0 Å². The monoisotopic (exact) mass is 419 g/mol. The number of nitrogens with zero attached hydrogens (tertiary/aromatic N) is 5. The molecule has 1 fully saturated rings. The van der Waals surface area contributed by atoms with Crippen molar-refractivity contribution < 1.29 is 9.90 Å². The van der Waals surface area contributed by atoms with Crippen LogP contribution < -0.4 is 5.32 Å². The van der Waals surface area contributed by atoms with E-state index in [4.69, 9.17) is 0 Å². The molecular weight excluding hydrogens is 394 g/mol. The maximum Gasteiger partial charge on any atom is 0.272 e. The minimum Gasteiger partial charge on any atom is -0.390 e. The van der Waals surface area contributed by atoms with Gasteiger partial charge in [-0.2, -0.15) is 5.10 Å². The minimum atomic E-state index is -0.590. The van der Waals surface area contributed by atoms with Gasteiger partial charge in [0, 0.05) is 44.5 Å². The number of aromatic nitrogens is 4. The van der Waals surface area contributed by atoms with Crippen molar-refractivity contribution in [3.8, 4) is 0 Å². The first kappa shape index (κ1) is 19.7. The molecule has 0 spiro atoms. The lowest BCUT2D eigenvalue weighted by atomic mass is 9.94. The van der Waals surface area contributed by atoms with Gasteiger partial charge in [-0.1, -0.05) is 24.3 Å². The fourth-order valence-corrected chi connectivity index (χ4v) is 4.50. The summed E-state index contributed by atoms with van der Waals surface area (Å²) >= 11 is 0. The van der Waals surface area contributed by atoms with E-state index in [0.29, 0.717) is 24.6 Å². The zero-order chi connectivity index (χ0) is 21.2. The molecule has 4 heterocycles. The summed E-state index contributed by atoms with van der Waals surface area (Å²) in [6.07, 6.45) is 5.83. The van der Waals surface area contributed by atoms with Crippen molar-refractivity contribution in [3.63, 3.8) is 0 Å². The highest BCUT2D eigenvalue weighted by Crippen LogP contribution is 2.26. The largest absolute Gasteiger partial charge is 0.390 e. The molecule has 2 aliphatic heterocycles. The van der Waals surface area contributed by atoms with E-state index in [2.05, 4.69) is 54.6 Å². The van der Waals surface area contributed by atoms with Gasteiger partial charge < -0.3 is 15.3 Å². The molecule has 0 radical (unpaired) electrons. The van der Waals surface area contributed by atoms with Crippen LogP contribution in [0.25, 0.3) is 0 Å². The Morgan fingerprint density at radius 2 is 2.06 bits per heavy atom. The van der Waals surface area contributed by atoms with E-state index in [1.165, 1.54) is 17.5 Å². The predicted molar refractivity (Wildman–Crippen MR) is 115 cm³/mol. The molecule has 0 unspecified atom stereocenters. The van der Waals surface area contributed by atoms with Crippen LogP contribution in [-0.2, 0) is 13.0 Å². The number of anilines is 2. The Hall–Kier alpha value is -3.30. The summed E-state index contributed by atoms with van der Waals surface area (Å²) in [6.45, 7) is 2.67. The number of β-amino-alcohol motifs (C(OH)–C–C–N with tert-alkyl or cyclic N) is 1. The molecule has 0 saturated carbocycles. The van der Waals surface area contributed by atoms with Crippen molar-refractivity contribution in [2.75, 3.05) is 25.0 Å². The van der Waals surface area contributed by atoms with Crippen LogP contribution >= 0.6 is 0 Å². The van der Waals surface area contributed by atoms with Gasteiger partial charge in [0.1, 0.15) is 17.8 Å². The molecule has 1 aromatic carbocycles. The number of hydrogen-bond donors (Lipinski definition) is 3. The third kappa shape index (κ3) is 4.14. The second-order valence-electron chi connectivity index (χ2n) is 8.06. The van der Waals surface area contributed by atoms with Gasteiger partial charge in [-0.05, 0) is 24.0 Å². The van der Waals surface area contributed by atoms with Crippen LogP contribution in [-0.4, -0.2) is 72.8 Å². The Bertz CT molecular complexity index is 1060. The zero-order valence-electron chi connectivity index (χ0n) is 17.1. The summed E-state index contributed by atoms with van der Waals surface area (Å²) in [5.74, 6) is 0.321. The molecule has 0 bridgehead atoms. The molecule has 31 heavy (non-hydrogen) atoms. The van der Waals surface area contributed by atoms with Crippen LogP contribution in [0.2, 0.25) is 0 Å². The van der Waals surface area contributed by atoms with Crippen LogP contribution in [0, 0.1) is 0 Å². The van der Waals surface area contributed by atoms with E-state index in [-0.39, 0.29) is 11.9 Å². The van der Waals surface area contributed by atoms with Crippen LogP contribution in [0.1, 0.15) is 28.0 Å². The van der Waals surface area contributed by atoms with Gasteiger partial charge in [0.2, 0.25) is 0 Å². The summed E-state index contributed by atoms with van der Waals surface area (Å²) in [5, 5.41) is 20.5. The molecule has 1 amide bonds. The quantitative estimate of drug-likeness (QED) is 0.589. The maximum absolute atomic E-state index is 13.0. The van der Waals surface area contributed by atoms with Crippen molar-refractivity contribution in [3.05, 3.63) is 65.9 Å². The second-order valence-corrected chi connectivity index (χ2v) is 8.06. The number of amides is 1. The Balaban J connectivity index is 1.23. The van der Waals surface area contributed by atoms with Crippen molar-refractivity contribution >= 4 is 17.4 Å². The molecule has 0 aliphatic carbocycles. The standard InChI is InChI=1S/C22H25N7O2/c30-20-13-29(8-6-19(20)28-7-5-15-3-1-2-4-16(15)12-28)22(31)18-9-21(24-14-23-18)27-17-10-25-26-11-17/h1-4,9-11,14,19-20,30H,5-8,12-13H2,(H,25,26)(H,23,24,27)/t19-,20-/m0/s1. The number of carbonyl (C=O) groups excluding carboxylic acids is 1. The highest BCUT2D eigenvalue weighted by atomic mass is 16.3. The molecule has 5 rings (SSSR count). The first-order chi connectivity index (χ1) is 15.2. The highest BCUT2D eigenvalue weighted by molar-refractivity contribution is 5.93. The summed E-state index contributed by atoms with van der Waals surface area (Å²) in [7, 11) is 0. The molecule has 2 aromatic heterocycles. The van der Waals surface area contributed by atoms with Gasteiger partial charge in [-0.25, -0.2) is 9.97 Å². The number of nitrogens with one attached hydrogen (secondary N) is 2. The average Bonchev–Trinajstić information content (AvgIpc) is 3.31. The number of likely N-dealkylation sites (tertiary alicyclic amines) is 1. The predicted octanol–water partition coefficient (Wildman–Crippen LogP) is 1.58. The number of carbonyl (C=O) groups is 1. The smallest absolute Gasteiger partial charge is 0.272 e. The van der Waals surface area contributed by atoms with Gasteiger partial charge in [0.25, 0.3) is 5.91 Å². The fraction of sp³-hybridized carbons (Fsp3) is 0.364. The third-order valence-corrected chi connectivity index (χ3v) is 6.12. The lowest BCUT2D eigenvalue weighted by molar-refractivity contribution is -0.0139. The number of aliphatic hydroxyl groups excluding tert-OH is 1. The van der Waals surface area contributed by atoms with E-state index in [0.717, 1.165) is 31.6 Å². The Labute approximate surface area is 180 Å². The number of benzene rings is 1. The van der Waals surface area contributed by atoms with E-state index < -0.39 is 6.10 Å². The lowest BCUT2D eigenvalue weighted by Gasteiger charge is -2.43. The number of rotatable bonds is 4. The van der Waals surface area contributed by atoms with E-state index in [1.54, 1.807) is 23.4 Å². The molecule has 3 aromatic rings. The topological polar surface area (TPSA) is 110 Å². The van der Waals surface area contributed by atoms with Crippen molar-refractivity contribution in [2.24, 2.45) is 0 Å². The molecule has 9 heteroatoms. The van der Waals surface area contributed by atoms with Crippen LogP contribution in [0.3, 0.4) is 0 Å². The zero-order valence-corrected chi connectivity index (χ0v) is 17.1. The molecule has 160 valence electrons. The summed E-state index contributed by atoms with van der Waals surface area (Å²) in [6, 6.07) is 10.2. The molecule has 1 saturated heterocycles. The van der Waals surface area contributed by atoms with Gasteiger partial charge in [0.05, 0.1) is 18.0 Å². The number of H-pyrrole nitrogens is 1. The Morgan fingerprint density at radius 3 is 2.87 bits per heavy atom. The number of piperidine rings is 1. The number of fused-ring (bicyclic) bond motifs is 1. The van der Waals surface area contributed by atoms with Crippen molar-refractivity contribution in [2.45, 2.75) is 31.5 Å². The summed E-state index contributed by atoms with van der Waals surface area (Å²) < 4.78 is 0. The average molecular weight is 419 g/mol. The molecular formula is C22H25N7O2. The normalized spacial score (nSPS) is 21.5. The SMILES string of the molecule is O=C(c1cc(Nc2cn[nH]c2)ncn1)N1CC[C@H](N2CCc3ccccc3C2)[C@@H](O)C1. The van der Waals surface area contributed by atoms with Crippen LogP contribution in [0.4, 0.5) is 11.5 Å². The van der Waals surface area contributed by atoms with Crippen molar-refractivity contribution in [1.29, 1.82) is 0 Å².